The summed E-state index contributed by atoms with van der Waals surface area (Å²) in [6.07, 6.45) is 0. The number of urea groups is 1. The lowest BCUT2D eigenvalue weighted by Gasteiger charge is -2.35. The molecule has 4 rings (SSSR count). The zero-order valence-corrected chi connectivity index (χ0v) is 19.3. The summed E-state index contributed by atoms with van der Waals surface area (Å²) in [4.78, 5) is 19.0. The van der Waals surface area contributed by atoms with Crippen LogP contribution in [0.3, 0.4) is 0 Å². The van der Waals surface area contributed by atoms with Gasteiger partial charge in [0.15, 0.2) is 11.6 Å². The normalized spacial score (nSPS) is 16.0. The average Bonchev–Trinajstić information content (AvgIpc) is 3.33. The SMILES string of the molecule is COCCN1C(=O)NC(c2cccc(OC)c2)C(c2nc(-c3ccc(OC)c(F)c3)no2)=C1C. The first-order chi connectivity index (χ1) is 16.5. The number of nitrogens with one attached hydrogen (secondary N) is 1. The molecule has 2 amide bonds. The van der Waals surface area contributed by atoms with Gasteiger partial charge < -0.3 is 24.1 Å². The first-order valence-electron chi connectivity index (χ1n) is 10.6. The second-order valence-electron chi connectivity index (χ2n) is 7.58. The minimum Gasteiger partial charge on any atom is -0.497 e. The van der Waals surface area contributed by atoms with Gasteiger partial charge in [-0.15, -0.1) is 0 Å². The first kappa shape index (κ1) is 23.2. The molecule has 9 nitrogen and oxygen atoms in total. The third-order valence-corrected chi connectivity index (χ3v) is 5.61. The monoisotopic (exact) mass is 468 g/mol. The van der Waals surface area contributed by atoms with Gasteiger partial charge in [-0.05, 0) is 42.8 Å². The molecule has 34 heavy (non-hydrogen) atoms. The van der Waals surface area contributed by atoms with Crippen LogP contribution in [0.25, 0.3) is 17.0 Å². The third-order valence-electron chi connectivity index (χ3n) is 5.61. The Morgan fingerprint density at radius 1 is 1.15 bits per heavy atom. The van der Waals surface area contributed by atoms with Crippen molar-refractivity contribution in [2.75, 3.05) is 34.5 Å². The minimum absolute atomic E-state index is 0.118. The Morgan fingerprint density at radius 3 is 2.68 bits per heavy atom. The zero-order valence-electron chi connectivity index (χ0n) is 19.3. The van der Waals surface area contributed by atoms with Gasteiger partial charge in [0.2, 0.25) is 5.82 Å². The van der Waals surface area contributed by atoms with E-state index in [4.69, 9.17) is 18.7 Å². The summed E-state index contributed by atoms with van der Waals surface area (Å²) in [5.41, 5.74) is 2.48. The molecule has 3 aromatic rings. The van der Waals surface area contributed by atoms with E-state index in [-0.39, 0.29) is 23.5 Å². The number of hydrogen-bond donors (Lipinski definition) is 1. The molecular weight excluding hydrogens is 443 g/mol. The highest BCUT2D eigenvalue weighted by atomic mass is 19.1. The summed E-state index contributed by atoms with van der Waals surface area (Å²) < 4.78 is 35.3. The van der Waals surface area contributed by atoms with Crippen LogP contribution in [-0.4, -0.2) is 55.6 Å². The maximum atomic E-state index is 14.2. The molecule has 0 spiro atoms. The highest BCUT2D eigenvalue weighted by Gasteiger charge is 2.35. The number of rotatable bonds is 8. The van der Waals surface area contributed by atoms with E-state index in [1.165, 1.54) is 19.2 Å². The molecule has 1 aliphatic heterocycles. The second kappa shape index (κ2) is 9.92. The van der Waals surface area contributed by atoms with Crippen molar-refractivity contribution < 1.29 is 27.9 Å². The summed E-state index contributed by atoms with van der Waals surface area (Å²) in [6.45, 7) is 2.50. The molecule has 10 heteroatoms. The van der Waals surface area contributed by atoms with Gasteiger partial charge in [-0.2, -0.15) is 4.98 Å². The maximum Gasteiger partial charge on any atom is 0.322 e. The summed E-state index contributed by atoms with van der Waals surface area (Å²) in [7, 11) is 4.54. The van der Waals surface area contributed by atoms with Crippen molar-refractivity contribution in [3.05, 3.63) is 65.4 Å². The maximum absolute atomic E-state index is 14.2. The van der Waals surface area contributed by atoms with E-state index in [0.717, 1.165) is 5.56 Å². The van der Waals surface area contributed by atoms with E-state index in [2.05, 4.69) is 15.5 Å². The number of halogens is 1. The van der Waals surface area contributed by atoms with Gasteiger partial charge in [-0.1, -0.05) is 17.3 Å². The molecule has 1 N–H and O–H groups in total. The molecule has 0 saturated carbocycles. The smallest absolute Gasteiger partial charge is 0.322 e. The Hall–Kier alpha value is -3.92. The van der Waals surface area contributed by atoms with Gasteiger partial charge in [-0.3, -0.25) is 4.90 Å². The largest absolute Gasteiger partial charge is 0.497 e. The van der Waals surface area contributed by atoms with Crippen LogP contribution in [-0.2, 0) is 4.74 Å². The van der Waals surface area contributed by atoms with Crippen molar-refractivity contribution in [2.24, 2.45) is 0 Å². The fourth-order valence-corrected chi connectivity index (χ4v) is 3.84. The molecule has 0 fully saturated rings. The van der Waals surface area contributed by atoms with Crippen molar-refractivity contribution in [3.8, 4) is 22.9 Å². The highest BCUT2D eigenvalue weighted by Crippen LogP contribution is 2.38. The van der Waals surface area contributed by atoms with Crippen molar-refractivity contribution in [1.82, 2.24) is 20.4 Å². The first-order valence-corrected chi connectivity index (χ1v) is 10.6. The van der Waals surface area contributed by atoms with E-state index in [1.807, 2.05) is 31.2 Å². The molecule has 1 aliphatic rings. The summed E-state index contributed by atoms with van der Waals surface area (Å²) in [5, 5.41) is 7.06. The molecule has 1 atom stereocenters. The van der Waals surface area contributed by atoms with Crippen molar-refractivity contribution in [3.63, 3.8) is 0 Å². The van der Waals surface area contributed by atoms with E-state index in [1.54, 1.807) is 25.2 Å². The fourth-order valence-electron chi connectivity index (χ4n) is 3.84. The number of hydrogen-bond acceptors (Lipinski definition) is 7. The van der Waals surface area contributed by atoms with Gasteiger partial charge in [0.05, 0.1) is 39.0 Å². The predicted octanol–water partition coefficient (Wildman–Crippen LogP) is 4.04. The topological polar surface area (TPSA) is 99.0 Å². The van der Waals surface area contributed by atoms with Gasteiger partial charge in [-0.25, -0.2) is 9.18 Å². The lowest BCUT2D eigenvalue weighted by Crippen LogP contribution is -2.47. The van der Waals surface area contributed by atoms with E-state index >= 15 is 0 Å². The van der Waals surface area contributed by atoms with Gasteiger partial charge >= 0.3 is 6.03 Å². The Balaban J connectivity index is 1.79. The van der Waals surface area contributed by atoms with E-state index in [9.17, 15) is 9.18 Å². The number of aromatic nitrogens is 2. The number of carbonyl (C=O) groups excluding carboxylic acids is 1. The standard InChI is InChI=1S/C24H25FN4O5/c1-14-20(23-27-22(28-34-23)16-8-9-19(33-4)18(25)13-16)21(15-6-5-7-17(12-15)32-3)26-24(30)29(14)10-11-31-2/h5-9,12-13,21H,10-11H2,1-4H3,(H,26,30). The Morgan fingerprint density at radius 2 is 1.97 bits per heavy atom. The van der Waals surface area contributed by atoms with Gasteiger partial charge in [0.25, 0.3) is 5.89 Å². The Labute approximate surface area is 196 Å². The van der Waals surface area contributed by atoms with Crippen molar-refractivity contribution >= 4 is 11.6 Å². The zero-order chi connectivity index (χ0) is 24.2. The number of methoxy groups -OCH3 is 3. The van der Waals surface area contributed by atoms with Crippen LogP contribution in [0.2, 0.25) is 0 Å². The van der Waals surface area contributed by atoms with E-state index < -0.39 is 11.9 Å². The highest BCUT2D eigenvalue weighted by molar-refractivity contribution is 5.87. The lowest BCUT2D eigenvalue weighted by atomic mass is 9.94. The van der Waals surface area contributed by atoms with Crippen molar-refractivity contribution in [2.45, 2.75) is 13.0 Å². The fraction of sp³-hybridized carbons (Fsp3) is 0.292. The number of benzene rings is 2. The van der Waals surface area contributed by atoms with E-state index in [0.29, 0.717) is 35.7 Å². The second-order valence-corrected chi connectivity index (χ2v) is 7.58. The minimum atomic E-state index is -0.567. The summed E-state index contributed by atoms with van der Waals surface area (Å²) in [5.74, 6) is 0.644. The number of allylic oxidation sites excluding steroid dienone is 1. The molecule has 178 valence electrons. The van der Waals surface area contributed by atoms with Crippen LogP contribution in [0.4, 0.5) is 9.18 Å². The van der Waals surface area contributed by atoms with Crippen LogP contribution >= 0.6 is 0 Å². The molecule has 0 radical (unpaired) electrons. The number of nitrogens with zero attached hydrogens (tertiary/aromatic N) is 3. The molecule has 1 aromatic heterocycles. The van der Waals surface area contributed by atoms with Gasteiger partial charge in [0.1, 0.15) is 5.75 Å². The molecule has 0 saturated heterocycles. The molecule has 0 bridgehead atoms. The third kappa shape index (κ3) is 4.44. The van der Waals surface area contributed by atoms with Crippen molar-refractivity contribution in [1.29, 1.82) is 0 Å². The molecule has 2 aromatic carbocycles. The predicted molar refractivity (Wildman–Crippen MR) is 122 cm³/mol. The van der Waals surface area contributed by atoms with Crippen LogP contribution in [0, 0.1) is 5.82 Å². The molecule has 2 heterocycles. The lowest BCUT2D eigenvalue weighted by molar-refractivity contribution is 0.158. The summed E-state index contributed by atoms with van der Waals surface area (Å²) >= 11 is 0. The molecule has 1 unspecified atom stereocenters. The summed E-state index contributed by atoms with van der Waals surface area (Å²) in [6, 6.07) is 10.9. The van der Waals surface area contributed by atoms with Gasteiger partial charge in [0, 0.05) is 18.4 Å². The van der Waals surface area contributed by atoms with Crippen LogP contribution in [0.5, 0.6) is 11.5 Å². The number of ether oxygens (including phenoxy) is 3. The van der Waals surface area contributed by atoms with Crippen LogP contribution in [0.15, 0.2) is 52.7 Å². The average molecular weight is 468 g/mol. The van der Waals surface area contributed by atoms with Crippen LogP contribution in [0.1, 0.15) is 24.4 Å². The number of amides is 2. The quantitative estimate of drug-likeness (QED) is 0.533. The Kier molecular flexibility index (Phi) is 6.78. The number of carbonyl (C=O) groups is 1. The molecular formula is C24H25FN4O5. The van der Waals surface area contributed by atoms with Crippen LogP contribution < -0.4 is 14.8 Å². The Bertz CT molecular complexity index is 1230. The molecule has 0 aliphatic carbocycles.